The fourth-order valence-electron chi connectivity index (χ4n) is 1.85. The second-order valence-electron chi connectivity index (χ2n) is 4.65. The minimum absolute atomic E-state index is 0.00524. The number of nitriles is 1. The highest BCUT2D eigenvalue weighted by molar-refractivity contribution is 5.45. The highest BCUT2D eigenvalue weighted by atomic mass is 15.2. The van der Waals surface area contributed by atoms with Crippen molar-refractivity contribution in [3.63, 3.8) is 0 Å². The van der Waals surface area contributed by atoms with E-state index >= 15 is 0 Å². The summed E-state index contributed by atoms with van der Waals surface area (Å²) in [6, 6.07) is 6.55. The summed E-state index contributed by atoms with van der Waals surface area (Å²) in [4.78, 5) is 6.59. The van der Waals surface area contributed by atoms with E-state index in [4.69, 9.17) is 11.0 Å². The number of aromatic nitrogens is 1. The van der Waals surface area contributed by atoms with Crippen molar-refractivity contribution in [2.45, 2.75) is 45.7 Å². The summed E-state index contributed by atoms with van der Waals surface area (Å²) < 4.78 is 0. The van der Waals surface area contributed by atoms with Crippen LogP contribution in [-0.4, -0.2) is 17.6 Å². The van der Waals surface area contributed by atoms with Gasteiger partial charge in [0.25, 0.3) is 0 Å². The first-order valence-corrected chi connectivity index (χ1v) is 6.45. The van der Waals surface area contributed by atoms with Crippen molar-refractivity contribution in [2.24, 2.45) is 5.73 Å². The van der Waals surface area contributed by atoms with Crippen LogP contribution in [0.4, 0.5) is 5.69 Å². The molecule has 0 saturated carbocycles. The highest BCUT2D eigenvalue weighted by Crippen LogP contribution is 2.19. The molecule has 1 aromatic rings. The van der Waals surface area contributed by atoms with E-state index in [9.17, 15) is 0 Å². The van der Waals surface area contributed by atoms with Crippen molar-refractivity contribution < 1.29 is 0 Å². The number of hydrogen-bond donors (Lipinski definition) is 1. The van der Waals surface area contributed by atoms with Gasteiger partial charge < -0.3 is 10.6 Å². The predicted octanol–water partition coefficient (Wildman–Crippen LogP) is 2.62. The van der Waals surface area contributed by atoms with Crippen LogP contribution in [-0.2, 0) is 0 Å². The predicted molar refractivity (Wildman–Crippen MR) is 74.2 cm³/mol. The number of nitrogens with two attached hydrogens (primary N) is 1. The zero-order chi connectivity index (χ0) is 13.5. The van der Waals surface area contributed by atoms with E-state index in [2.05, 4.69) is 29.8 Å². The summed E-state index contributed by atoms with van der Waals surface area (Å²) in [7, 11) is 0. The fourth-order valence-corrected chi connectivity index (χ4v) is 1.85. The monoisotopic (exact) mass is 246 g/mol. The van der Waals surface area contributed by atoms with Gasteiger partial charge in [-0.2, -0.15) is 5.26 Å². The SMILES string of the molecule is CCC(N)c1ccc(N(CCC#N)C(C)C)cn1. The van der Waals surface area contributed by atoms with Crippen LogP contribution in [0.1, 0.15) is 45.3 Å². The molecule has 18 heavy (non-hydrogen) atoms. The molecule has 0 fully saturated rings. The first-order chi connectivity index (χ1) is 8.60. The maximum absolute atomic E-state index is 8.68. The number of anilines is 1. The largest absolute Gasteiger partial charge is 0.367 e. The maximum Gasteiger partial charge on any atom is 0.0640 e. The van der Waals surface area contributed by atoms with Crippen LogP contribution in [0.15, 0.2) is 18.3 Å². The third kappa shape index (κ3) is 3.71. The standard InChI is InChI=1S/C14H22N4/c1-4-13(16)14-7-6-12(10-17-14)18(11(2)3)9-5-8-15/h6-7,10-11,13H,4-5,9,16H2,1-3H3. The van der Waals surface area contributed by atoms with E-state index in [0.717, 1.165) is 24.3 Å². The molecular formula is C14H22N4. The lowest BCUT2D eigenvalue weighted by Crippen LogP contribution is -2.31. The van der Waals surface area contributed by atoms with Gasteiger partial charge in [0.15, 0.2) is 0 Å². The third-order valence-electron chi connectivity index (χ3n) is 3.01. The van der Waals surface area contributed by atoms with Crippen molar-refractivity contribution in [3.05, 3.63) is 24.0 Å². The lowest BCUT2D eigenvalue weighted by molar-refractivity contribution is 0.666. The molecule has 0 aromatic carbocycles. The maximum atomic E-state index is 8.68. The van der Waals surface area contributed by atoms with Crippen LogP contribution < -0.4 is 10.6 Å². The molecule has 1 heterocycles. The Morgan fingerprint density at radius 1 is 1.44 bits per heavy atom. The summed E-state index contributed by atoms with van der Waals surface area (Å²) in [5.41, 5.74) is 7.91. The summed E-state index contributed by atoms with van der Waals surface area (Å²) in [6.07, 6.45) is 3.26. The molecule has 0 saturated heterocycles. The Hall–Kier alpha value is -1.60. The van der Waals surface area contributed by atoms with Crippen LogP contribution in [0, 0.1) is 11.3 Å². The van der Waals surface area contributed by atoms with Gasteiger partial charge in [-0.05, 0) is 32.4 Å². The summed E-state index contributed by atoms with van der Waals surface area (Å²) in [6.45, 7) is 7.01. The molecule has 0 amide bonds. The highest BCUT2D eigenvalue weighted by Gasteiger charge is 2.11. The van der Waals surface area contributed by atoms with Gasteiger partial charge in [-0.1, -0.05) is 6.92 Å². The van der Waals surface area contributed by atoms with E-state index < -0.39 is 0 Å². The van der Waals surface area contributed by atoms with Gasteiger partial charge in [0.2, 0.25) is 0 Å². The van der Waals surface area contributed by atoms with Gasteiger partial charge in [-0.25, -0.2) is 0 Å². The van der Waals surface area contributed by atoms with Crippen molar-refractivity contribution >= 4 is 5.69 Å². The van der Waals surface area contributed by atoms with Crippen molar-refractivity contribution in [1.82, 2.24) is 4.98 Å². The van der Waals surface area contributed by atoms with E-state index in [1.807, 2.05) is 25.3 Å². The zero-order valence-electron chi connectivity index (χ0n) is 11.4. The minimum Gasteiger partial charge on any atom is -0.367 e. The molecule has 1 aromatic heterocycles. The van der Waals surface area contributed by atoms with Crippen LogP contribution >= 0.6 is 0 Å². The van der Waals surface area contributed by atoms with E-state index in [0.29, 0.717) is 12.5 Å². The van der Waals surface area contributed by atoms with E-state index in [1.54, 1.807) is 0 Å². The molecule has 1 atom stereocenters. The van der Waals surface area contributed by atoms with Crippen LogP contribution in [0.2, 0.25) is 0 Å². The fraction of sp³-hybridized carbons (Fsp3) is 0.571. The van der Waals surface area contributed by atoms with E-state index in [1.165, 1.54) is 0 Å². The molecule has 0 aliphatic carbocycles. The normalized spacial score (nSPS) is 12.2. The Kier molecular flexibility index (Phi) is 5.60. The van der Waals surface area contributed by atoms with Gasteiger partial charge in [-0.15, -0.1) is 0 Å². The van der Waals surface area contributed by atoms with Crippen molar-refractivity contribution in [2.75, 3.05) is 11.4 Å². The molecule has 2 N–H and O–H groups in total. The minimum atomic E-state index is 0.00524. The van der Waals surface area contributed by atoms with Crippen LogP contribution in [0.3, 0.4) is 0 Å². The Balaban J connectivity index is 2.84. The van der Waals surface area contributed by atoms with Crippen LogP contribution in [0.25, 0.3) is 0 Å². The number of nitrogens with zero attached hydrogens (tertiary/aromatic N) is 3. The molecule has 1 unspecified atom stereocenters. The molecule has 4 nitrogen and oxygen atoms in total. The molecule has 1 rings (SSSR count). The number of rotatable bonds is 6. The summed E-state index contributed by atoms with van der Waals surface area (Å²) in [5.74, 6) is 0. The van der Waals surface area contributed by atoms with Gasteiger partial charge in [0.05, 0.1) is 30.1 Å². The smallest absolute Gasteiger partial charge is 0.0640 e. The molecule has 0 aliphatic rings. The molecular weight excluding hydrogens is 224 g/mol. The van der Waals surface area contributed by atoms with Crippen molar-refractivity contribution in [1.29, 1.82) is 5.26 Å². The third-order valence-corrected chi connectivity index (χ3v) is 3.01. The van der Waals surface area contributed by atoms with Gasteiger partial charge in [0, 0.05) is 18.6 Å². The molecule has 0 spiro atoms. The van der Waals surface area contributed by atoms with Gasteiger partial charge >= 0.3 is 0 Å². The first kappa shape index (κ1) is 14.5. The summed E-state index contributed by atoms with van der Waals surface area (Å²) in [5, 5.41) is 8.68. The number of hydrogen-bond acceptors (Lipinski definition) is 4. The zero-order valence-corrected chi connectivity index (χ0v) is 11.4. The van der Waals surface area contributed by atoms with Crippen molar-refractivity contribution in [3.8, 4) is 6.07 Å². The quantitative estimate of drug-likeness (QED) is 0.838. The second kappa shape index (κ2) is 6.97. The topological polar surface area (TPSA) is 65.9 Å². The molecule has 0 aliphatic heterocycles. The number of pyridine rings is 1. The van der Waals surface area contributed by atoms with E-state index in [-0.39, 0.29) is 6.04 Å². The Morgan fingerprint density at radius 2 is 2.17 bits per heavy atom. The van der Waals surface area contributed by atoms with Gasteiger partial charge in [0.1, 0.15) is 0 Å². The summed E-state index contributed by atoms with van der Waals surface area (Å²) >= 11 is 0. The molecule has 0 radical (unpaired) electrons. The molecule has 4 heteroatoms. The average molecular weight is 246 g/mol. The Bertz CT molecular complexity index is 391. The molecule has 0 bridgehead atoms. The lowest BCUT2D eigenvalue weighted by atomic mass is 10.1. The second-order valence-corrected chi connectivity index (χ2v) is 4.65. The Labute approximate surface area is 109 Å². The van der Waals surface area contributed by atoms with Crippen LogP contribution in [0.5, 0.6) is 0 Å². The lowest BCUT2D eigenvalue weighted by Gasteiger charge is -2.28. The average Bonchev–Trinajstić information content (AvgIpc) is 2.38. The molecule has 98 valence electrons. The Morgan fingerprint density at radius 3 is 2.61 bits per heavy atom. The van der Waals surface area contributed by atoms with Gasteiger partial charge in [-0.3, -0.25) is 4.98 Å². The first-order valence-electron chi connectivity index (χ1n) is 6.45.